The lowest BCUT2D eigenvalue weighted by Crippen LogP contribution is -2.17. The van der Waals surface area contributed by atoms with Gasteiger partial charge >= 0.3 is 0 Å². The van der Waals surface area contributed by atoms with E-state index in [1.54, 1.807) is 43.5 Å². The maximum absolute atomic E-state index is 12.2. The highest BCUT2D eigenvalue weighted by Gasteiger charge is 2.06. The Labute approximate surface area is 172 Å². The van der Waals surface area contributed by atoms with E-state index in [2.05, 4.69) is 10.5 Å². The standard InChI is InChI=1S/C22H19N3O5/c1-29-21-7-3-5-17(13-21)15-30-20-10-8-18(9-11-20)22(26)24-23-14-16-4-2-6-19(12-16)25(27)28/h2-14H,15H2,1H3,(H,24,26)/b23-14-. The summed E-state index contributed by atoms with van der Waals surface area (Å²) in [6, 6.07) is 20.2. The number of methoxy groups -OCH3 is 1. The Bertz CT molecular complexity index is 1060. The van der Waals surface area contributed by atoms with E-state index in [1.165, 1.54) is 18.3 Å². The molecule has 3 rings (SSSR count). The van der Waals surface area contributed by atoms with Gasteiger partial charge in [-0.2, -0.15) is 5.10 Å². The number of hydrogen-bond donors (Lipinski definition) is 1. The number of carbonyl (C=O) groups excluding carboxylic acids is 1. The number of hydrazone groups is 1. The molecule has 0 radical (unpaired) electrons. The Balaban J connectivity index is 1.54. The first-order valence-corrected chi connectivity index (χ1v) is 8.99. The molecule has 152 valence electrons. The van der Waals surface area contributed by atoms with Gasteiger partial charge in [-0.3, -0.25) is 14.9 Å². The lowest BCUT2D eigenvalue weighted by atomic mass is 10.2. The summed E-state index contributed by atoms with van der Waals surface area (Å²) in [6.45, 7) is 0.371. The number of amides is 1. The predicted molar refractivity (Wildman–Crippen MR) is 112 cm³/mol. The molecular formula is C22H19N3O5. The second-order valence-corrected chi connectivity index (χ2v) is 6.22. The molecule has 1 N–H and O–H groups in total. The summed E-state index contributed by atoms with van der Waals surface area (Å²) in [5.41, 5.74) is 4.22. The molecule has 1 amide bonds. The molecule has 0 aromatic heterocycles. The van der Waals surface area contributed by atoms with Gasteiger partial charge in [-0.1, -0.05) is 24.3 Å². The van der Waals surface area contributed by atoms with Gasteiger partial charge in [-0.15, -0.1) is 0 Å². The van der Waals surface area contributed by atoms with Crippen molar-refractivity contribution in [2.75, 3.05) is 7.11 Å². The minimum atomic E-state index is -0.492. The van der Waals surface area contributed by atoms with Crippen molar-refractivity contribution in [3.8, 4) is 11.5 Å². The van der Waals surface area contributed by atoms with Gasteiger partial charge in [0.15, 0.2) is 0 Å². The minimum Gasteiger partial charge on any atom is -0.497 e. The largest absolute Gasteiger partial charge is 0.497 e. The van der Waals surface area contributed by atoms with E-state index in [9.17, 15) is 14.9 Å². The summed E-state index contributed by atoms with van der Waals surface area (Å²) in [6.07, 6.45) is 1.34. The maximum atomic E-state index is 12.2. The zero-order valence-corrected chi connectivity index (χ0v) is 16.1. The van der Waals surface area contributed by atoms with Crippen molar-refractivity contribution in [2.24, 2.45) is 5.10 Å². The minimum absolute atomic E-state index is 0.0465. The van der Waals surface area contributed by atoms with Gasteiger partial charge in [0.25, 0.3) is 11.6 Å². The number of nitrogens with zero attached hydrogens (tertiary/aromatic N) is 2. The molecule has 0 heterocycles. The van der Waals surface area contributed by atoms with Crippen LogP contribution in [0.2, 0.25) is 0 Å². The van der Waals surface area contributed by atoms with Gasteiger partial charge in [0.05, 0.1) is 18.2 Å². The molecule has 0 aliphatic carbocycles. The summed E-state index contributed by atoms with van der Waals surface area (Å²) < 4.78 is 10.9. The first kappa shape index (κ1) is 20.5. The van der Waals surface area contributed by atoms with Crippen molar-refractivity contribution < 1.29 is 19.2 Å². The van der Waals surface area contributed by atoms with Crippen LogP contribution in [-0.4, -0.2) is 24.2 Å². The molecular weight excluding hydrogens is 386 g/mol. The Hall–Kier alpha value is -4.20. The molecule has 0 aliphatic rings. The summed E-state index contributed by atoms with van der Waals surface area (Å²) in [5.74, 6) is 0.972. The van der Waals surface area contributed by atoms with E-state index in [0.717, 1.165) is 11.3 Å². The van der Waals surface area contributed by atoms with Crippen LogP contribution in [0.3, 0.4) is 0 Å². The first-order chi connectivity index (χ1) is 14.5. The van der Waals surface area contributed by atoms with Gasteiger partial charge < -0.3 is 9.47 Å². The number of carbonyl (C=O) groups is 1. The number of ether oxygens (including phenoxy) is 2. The van der Waals surface area contributed by atoms with Crippen molar-refractivity contribution in [1.82, 2.24) is 5.43 Å². The SMILES string of the molecule is COc1cccc(COc2ccc(C(=O)N/N=C\c3cccc([N+](=O)[O-])c3)cc2)c1. The van der Waals surface area contributed by atoms with Crippen LogP contribution in [0.15, 0.2) is 77.9 Å². The highest BCUT2D eigenvalue weighted by molar-refractivity contribution is 5.95. The Morgan fingerprint density at radius 1 is 1.07 bits per heavy atom. The number of rotatable bonds is 8. The van der Waals surface area contributed by atoms with Crippen LogP contribution in [0.4, 0.5) is 5.69 Å². The fraction of sp³-hybridized carbons (Fsp3) is 0.0909. The number of non-ortho nitro benzene ring substituents is 1. The Kier molecular flexibility index (Phi) is 6.73. The van der Waals surface area contributed by atoms with Gasteiger partial charge in [0.1, 0.15) is 18.1 Å². The zero-order valence-electron chi connectivity index (χ0n) is 16.1. The quantitative estimate of drug-likeness (QED) is 0.347. The molecule has 0 bridgehead atoms. The number of nitrogens with one attached hydrogen (secondary N) is 1. The second kappa shape index (κ2) is 9.83. The molecule has 0 saturated heterocycles. The van der Waals surface area contributed by atoms with Gasteiger partial charge in [0, 0.05) is 23.3 Å². The lowest BCUT2D eigenvalue weighted by molar-refractivity contribution is -0.384. The molecule has 30 heavy (non-hydrogen) atoms. The molecule has 0 saturated carbocycles. The summed E-state index contributed by atoms with van der Waals surface area (Å²) in [7, 11) is 1.61. The van der Waals surface area contributed by atoms with Gasteiger partial charge in [-0.25, -0.2) is 5.43 Å². The smallest absolute Gasteiger partial charge is 0.271 e. The number of hydrogen-bond acceptors (Lipinski definition) is 6. The molecule has 0 aliphatic heterocycles. The summed E-state index contributed by atoms with van der Waals surface area (Å²) >= 11 is 0. The van der Waals surface area contributed by atoms with E-state index >= 15 is 0 Å². The Morgan fingerprint density at radius 2 is 1.83 bits per heavy atom. The average molecular weight is 405 g/mol. The number of nitro groups is 1. The van der Waals surface area contributed by atoms with Crippen LogP contribution in [0.5, 0.6) is 11.5 Å². The monoisotopic (exact) mass is 405 g/mol. The van der Waals surface area contributed by atoms with E-state index < -0.39 is 10.8 Å². The molecule has 0 unspecified atom stereocenters. The average Bonchev–Trinajstić information content (AvgIpc) is 2.78. The lowest BCUT2D eigenvalue weighted by Gasteiger charge is -2.08. The van der Waals surface area contributed by atoms with Crippen LogP contribution in [-0.2, 0) is 6.61 Å². The third-order valence-electron chi connectivity index (χ3n) is 4.12. The summed E-state index contributed by atoms with van der Waals surface area (Å²) in [5, 5.41) is 14.6. The highest BCUT2D eigenvalue weighted by Crippen LogP contribution is 2.17. The molecule has 0 spiro atoms. The first-order valence-electron chi connectivity index (χ1n) is 8.99. The number of benzene rings is 3. The van der Waals surface area contributed by atoms with E-state index in [-0.39, 0.29) is 5.69 Å². The van der Waals surface area contributed by atoms with Crippen molar-refractivity contribution >= 4 is 17.8 Å². The van der Waals surface area contributed by atoms with Crippen molar-refractivity contribution in [3.05, 3.63) is 99.6 Å². The molecule has 0 atom stereocenters. The normalized spacial score (nSPS) is 10.6. The highest BCUT2D eigenvalue weighted by atomic mass is 16.6. The van der Waals surface area contributed by atoms with Crippen LogP contribution < -0.4 is 14.9 Å². The fourth-order valence-electron chi connectivity index (χ4n) is 2.58. The molecule has 3 aromatic rings. The molecule has 3 aromatic carbocycles. The van der Waals surface area contributed by atoms with Crippen LogP contribution >= 0.6 is 0 Å². The van der Waals surface area contributed by atoms with E-state index in [1.807, 2.05) is 24.3 Å². The maximum Gasteiger partial charge on any atom is 0.271 e. The molecule has 8 nitrogen and oxygen atoms in total. The molecule has 8 heteroatoms. The predicted octanol–water partition coefficient (Wildman–Crippen LogP) is 3.95. The third-order valence-corrected chi connectivity index (χ3v) is 4.12. The Morgan fingerprint density at radius 3 is 2.57 bits per heavy atom. The van der Waals surface area contributed by atoms with Crippen LogP contribution in [0.1, 0.15) is 21.5 Å². The fourth-order valence-corrected chi connectivity index (χ4v) is 2.58. The summed E-state index contributed by atoms with van der Waals surface area (Å²) in [4.78, 5) is 22.5. The van der Waals surface area contributed by atoms with Crippen molar-refractivity contribution in [3.63, 3.8) is 0 Å². The topological polar surface area (TPSA) is 103 Å². The third kappa shape index (κ3) is 5.65. The van der Waals surface area contributed by atoms with Gasteiger partial charge in [-0.05, 0) is 42.0 Å². The van der Waals surface area contributed by atoms with E-state index in [4.69, 9.17) is 9.47 Å². The molecule has 0 fully saturated rings. The van der Waals surface area contributed by atoms with Crippen molar-refractivity contribution in [1.29, 1.82) is 0 Å². The van der Waals surface area contributed by atoms with Crippen LogP contribution in [0.25, 0.3) is 0 Å². The number of nitro benzene ring substituents is 1. The van der Waals surface area contributed by atoms with Crippen LogP contribution in [0, 0.1) is 10.1 Å². The van der Waals surface area contributed by atoms with Gasteiger partial charge in [0.2, 0.25) is 0 Å². The second-order valence-electron chi connectivity index (χ2n) is 6.22. The van der Waals surface area contributed by atoms with E-state index in [0.29, 0.717) is 23.5 Å². The van der Waals surface area contributed by atoms with Crippen molar-refractivity contribution in [2.45, 2.75) is 6.61 Å². The zero-order chi connectivity index (χ0) is 21.3.